The SMILES string of the molecule is CCOc1ccccc1NCc1ccc(C(=O)OC)cc1. The van der Waals surface area contributed by atoms with Gasteiger partial charge in [-0.2, -0.15) is 0 Å². The molecule has 2 rings (SSSR count). The first kappa shape index (κ1) is 14.9. The predicted molar refractivity (Wildman–Crippen MR) is 82.7 cm³/mol. The van der Waals surface area contributed by atoms with Crippen LogP contribution >= 0.6 is 0 Å². The molecule has 0 unspecified atom stereocenters. The Morgan fingerprint density at radius 3 is 2.48 bits per heavy atom. The van der Waals surface area contributed by atoms with Crippen molar-refractivity contribution in [1.29, 1.82) is 0 Å². The molecule has 0 saturated heterocycles. The van der Waals surface area contributed by atoms with Crippen molar-refractivity contribution >= 4 is 11.7 Å². The summed E-state index contributed by atoms with van der Waals surface area (Å²) >= 11 is 0. The first-order chi connectivity index (χ1) is 10.2. The first-order valence-corrected chi connectivity index (χ1v) is 6.87. The third kappa shape index (κ3) is 3.99. The molecule has 0 aliphatic rings. The van der Waals surface area contributed by atoms with Crippen LogP contribution in [0.3, 0.4) is 0 Å². The van der Waals surface area contributed by atoms with Crippen molar-refractivity contribution in [3.63, 3.8) is 0 Å². The van der Waals surface area contributed by atoms with E-state index in [1.54, 1.807) is 12.1 Å². The van der Waals surface area contributed by atoms with Crippen LogP contribution in [0.25, 0.3) is 0 Å². The van der Waals surface area contributed by atoms with Gasteiger partial charge in [-0.1, -0.05) is 24.3 Å². The summed E-state index contributed by atoms with van der Waals surface area (Å²) in [7, 11) is 1.38. The summed E-state index contributed by atoms with van der Waals surface area (Å²) in [4.78, 5) is 11.4. The summed E-state index contributed by atoms with van der Waals surface area (Å²) in [6, 6.07) is 15.2. The number of ether oxygens (including phenoxy) is 2. The summed E-state index contributed by atoms with van der Waals surface area (Å²) in [6.45, 7) is 3.25. The second-order valence-electron chi connectivity index (χ2n) is 4.47. The molecule has 0 saturated carbocycles. The van der Waals surface area contributed by atoms with Crippen molar-refractivity contribution in [3.8, 4) is 5.75 Å². The number of methoxy groups -OCH3 is 1. The minimum atomic E-state index is -0.323. The highest BCUT2D eigenvalue weighted by Crippen LogP contribution is 2.24. The standard InChI is InChI=1S/C17H19NO3/c1-3-21-16-7-5-4-6-15(16)18-12-13-8-10-14(11-9-13)17(19)20-2/h4-11,18H,3,12H2,1-2H3. The molecule has 4 heteroatoms. The molecule has 2 aromatic rings. The molecule has 0 spiro atoms. The number of nitrogens with one attached hydrogen (secondary N) is 1. The van der Waals surface area contributed by atoms with E-state index >= 15 is 0 Å². The molecule has 21 heavy (non-hydrogen) atoms. The van der Waals surface area contributed by atoms with Gasteiger partial charge in [0.1, 0.15) is 5.75 Å². The number of carbonyl (C=O) groups excluding carboxylic acids is 1. The van der Waals surface area contributed by atoms with Gasteiger partial charge in [0.05, 0.1) is 25.0 Å². The number of benzene rings is 2. The van der Waals surface area contributed by atoms with E-state index in [9.17, 15) is 4.79 Å². The van der Waals surface area contributed by atoms with Crippen LogP contribution in [0.1, 0.15) is 22.8 Å². The molecule has 0 bridgehead atoms. The summed E-state index contributed by atoms with van der Waals surface area (Å²) < 4.78 is 10.2. The average Bonchev–Trinajstić information content (AvgIpc) is 2.54. The van der Waals surface area contributed by atoms with Crippen molar-refractivity contribution in [1.82, 2.24) is 0 Å². The van der Waals surface area contributed by atoms with Crippen LogP contribution in [0.2, 0.25) is 0 Å². The van der Waals surface area contributed by atoms with Crippen molar-refractivity contribution in [2.24, 2.45) is 0 Å². The van der Waals surface area contributed by atoms with Gasteiger partial charge in [-0.15, -0.1) is 0 Å². The van der Waals surface area contributed by atoms with Crippen LogP contribution in [0, 0.1) is 0 Å². The summed E-state index contributed by atoms with van der Waals surface area (Å²) in [5.74, 6) is 0.516. The minimum Gasteiger partial charge on any atom is -0.492 e. The second-order valence-corrected chi connectivity index (χ2v) is 4.47. The lowest BCUT2D eigenvalue weighted by Gasteiger charge is -2.12. The Morgan fingerprint density at radius 2 is 1.81 bits per heavy atom. The third-order valence-corrected chi connectivity index (χ3v) is 3.04. The van der Waals surface area contributed by atoms with Gasteiger partial charge in [-0.05, 0) is 36.8 Å². The van der Waals surface area contributed by atoms with E-state index in [4.69, 9.17) is 4.74 Å². The molecule has 1 N–H and O–H groups in total. The van der Waals surface area contributed by atoms with Gasteiger partial charge in [0.15, 0.2) is 0 Å². The molecule has 0 heterocycles. The normalized spacial score (nSPS) is 10.0. The largest absolute Gasteiger partial charge is 0.492 e. The van der Waals surface area contributed by atoms with Crippen molar-refractivity contribution < 1.29 is 14.3 Å². The van der Waals surface area contributed by atoms with Gasteiger partial charge in [-0.25, -0.2) is 4.79 Å². The van der Waals surface area contributed by atoms with Gasteiger partial charge in [-0.3, -0.25) is 0 Å². The molecule has 110 valence electrons. The Bertz CT molecular complexity index is 593. The Labute approximate surface area is 124 Å². The molecular formula is C17H19NO3. The van der Waals surface area contributed by atoms with Crippen molar-refractivity contribution in [2.45, 2.75) is 13.5 Å². The second kappa shape index (κ2) is 7.33. The van der Waals surface area contributed by atoms with Gasteiger partial charge in [0, 0.05) is 6.54 Å². The Kier molecular flexibility index (Phi) is 5.21. The Hall–Kier alpha value is -2.49. The number of esters is 1. The van der Waals surface area contributed by atoms with E-state index in [2.05, 4.69) is 10.1 Å². The number of rotatable bonds is 6. The van der Waals surface area contributed by atoms with Gasteiger partial charge >= 0.3 is 5.97 Å². The van der Waals surface area contributed by atoms with Crippen LogP contribution in [-0.2, 0) is 11.3 Å². The molecule has 0 aromatic heterocycles. The molecule has 0 atom stereocenters. The number of hydrogen-bond acceptors (Lipinski definition) is 4. The molecule has 0 aliphatic heterocycles. The minimum absolute atomic E-state index is 0.323. The van der Waals surface area contributed by atoms with E-state index in [0.29, 0.717) is 18.7 Å². The molecule has 4 nitrogen and oxygen atoms in total. The maximum absolute atomic E-state index is 11.4. The van der Waals surface area contributed by atoms with E-state index < -0.39 is 0 Å². The molecule has 0 amide bonds. The third-order valence-electron chi connectivity index (χ3n) is 3.04. The maximum Gasteiger partial charge on any atom is 0.337 e. The molecule has 0 radical (unpaired) electrons. The highest BCUT2D eigenvalue weighted by atomic mass is 16.5. The lowest BCUT2D eigenvalue weighted by Crippen LogP contribution is -2.04. The fourth-order valence-electron chi connectivity index (χ4n) is 1.97. The van der Waals surface area contributed by atoms with Crippen LogP contribution < -0.4 is 10.1 Å². The molecule has 2 aromatic carbocycles. The zero-order valence-electron chi connectivity index (χ0n) is 12.3. The van der Waals surface area contributed by atoms with Crippen molar-refractivity contribution in [3.05, 3.63) is 59.7 Å². The topological polar surface area (TPSA) is 47.6 Å². The predicted octanol–water partition coefficient (Wildman–Crippen LogP) is 3.48. The molecular weight excluding hydrogens is 266 g/mol. The van der Waals surface area contributed by atoms with Crippen LogP contribution in [0.5, 0.6) is 5.75 Å². The number of anilines is 1. The Morgan fingerprint density at radius 1 is 1.10 bits per heavy atom. The van der Waals surface area contributed by atoms with Gasteiger partial charge in [0.25, 0.3) is 0 Å². The fraction of sp³-hybridized carbons (Fsp3) is 0.235. The van der Waals surface area contributed by atoms with E-state index in [-0.39, 0.29) is 5.97 Å². The zero-order valence-corrected chi connectivity index (χ0v) is 12.3. The van der Waals surface area contributed by atoms with E-state index in [1.807, 2.05) is 43.3 Å². The maximum atomic E-state index is 11.4. The van der Waals surface area contributed by atoms with Crippen molar-refractivity contribution in [2.75, 3.05) is 19.0 Å². The zero-order chi connectivity index (χ0) is 15.1. The average molecular weight is 285 g/mol. The fourth-order valence-corrected chi connectivity index (χ4v) is 1.97. The molecule has 0 fully saturated rings. The quantitative estimate of drug-likeness (QED) is 0.825. The summed E-state index contributed by atoms with van der Waals surface area (Å²) in [6.07, 6.45) is 0. The lowest BCUT2D eigenvalue weighted by molar-refractivity contribution is 0.0600. The monoisotopic (exact) mass is 285 g/mol. The summed E-state index contributed by atoms with van der Waals surface area (Å²) in [5.41, 5.74) is 2.58. The highest BCUT2D eigenvalue weighted by molar-refractivity contribution is 5.89. The smallest absolute Gasteiger partial charge is 0.337 e. The lowest BCUT2D eigenvalue weighted by atomic mass is 10.1. The summed E-state index contributed by atoms with van der Waals surface area (Å²) in [5, 5.41) is 3.34. The van der Waals surface area contributed by atoms with Crippen LogP contribution in [-0.4, -0.2) is 19.7 Å². The number of carbonyl (C=O) groups is 1. The number of para-hydroxylation sites is 2. The van der Waals surface area contributed by atoms with E-state index in [1.165, 1.54) is 7.11 Å². The van der Waals surface area contributed by atoms with Gasteiger partial charge < -0.3 is 14.8 Å². The van der Waals surface area contributed by atoms with Gasteiger partial charge in [0.2, 0.25) is 0 Å². The van der Waals surface area contributed by atoms with Crippen LogP contribution in [0.4, 0.5) is 5.69 Å². The Balaban J connectivity index is 2.01. The van der Waals surface area contributed by atoms with Crippen LogP contribution in [0.15, 0.2) is 48.5 Å². The molecule has 0 aliphatic carbocycles. The number of hydrogen-bond donors (Lipinski definition) is 1. The highest BCUT2D eigenvalue weighted by Gasteiger charge is 2.05. The first-order valence-electron chi connectivity index (χ1n) is 6.87. The van der Waals surface area contributed by atoms with E-state index in [0.717, 1.165) is 17.0 Å².